The third-order valence-electron chi connectivity index (χ3n) is 2.37. The first-order chi connectivity index (χ1) is 6.98. The Morgan fingerprint density at radius 3 is 2.47 bits per heavy atom. The van der Waals surface area contributed by atoms with E-state index in [1.165, 1.54) is 22.4 Å². The Kier molecular flexibility index (Phi) is 4.15. The fourth-order valence-corrected chi connectivity index (χ4v) is 2.78. The summed E-state index contributed by atoms with van der Waals surface area (Å²) in [7, 11) is 0. The molecule has 1 aromatic heterocycles. The van der Waals surface area contributed by atoms with Crippen LogP contribution in [0.15, 0.2) is 11.5 Å². The Morgan fingerprint density at radius 2 is 2.00 bits per heavy atom. The van der Waals surface area contributed by atoms with Crippen molar-refractivity contribution in [3.05, 3.63) is 27.5 Å². The first-order valence-electron chi connectivity index (χ1n) is 5.70. The Bertz CT molecular complexity index is 337. The van der Waals surface area contributed by atoms with Crippen LogP contribution in [-0.4, -0.2) is 0 Å². The SMILES string of the molecule is C/C=C\c1c(CC(C)(C)C)csc1CC. The highest BCUT2D eigenvalue weighted by molar-refractivity contribution is 7.10. The van der Waals surface area contributed by atoms with E-state index in [1.807, 2.05) is 11.3 Å². The number of aryl methyl sites for hydroxylation is 1. The van der Waals surface area contributed by atoms with Crippen molar-refractivity contribution in [2.24, 2.45) is 5.41 Å². The first kappa shape index (κ1) is 12.5. The van der Waals surface area contributed by atoms with Gasteiger partial charge in [0, 0.05) is 4.88 Å². The van der Waals surface area contributed by atoms with Gasteiger partial charge in [-0.15, -0.1) is 11.3 Å². The van der Waals surface area contributed by atoms with Gasteiger partial charge in [-0.05, 0) is 41.7 Å². The number of hydrogen-bond acceptors (Lipinski definition) is 1. The molecule has 0 radical (unpaired) electrons. The number of hydrogen-bond donors (Lipinski definition) is 0. The molecule has 0 unspecified atom stereocenters. The zero-order chi connectivity index (χ0) is 11.5. The molecule has 0 aromatic carbocycles. The molecule has 1 rings (SSSR count). The standard InChI is InChI=1S/C14H22S/c1-6-8-12-11(9-14(3,4)5)10-15-13(12)7-2/h6,8,10H,7,9H2,1-5H3/b8-6-. The smallest absolute Gasteiger partial charge is 0.0118 e. The lowest BCUT2D eigenvalue weighted by atomic mass is 9.87. The summed E-state index contributed by atoms with van der Waals surface area (Å²) in [5.74, 6) is 0. The highest BCUT2D eigenvalue weighted by Crippen LogP contribution is 2.30. The zero-order valence-corrected chi connectivity index (χ0v) is 11.4. The van der Waals surface area contributed by atoms with Crippen LogP contribution in [0.5, 0.6) is 0 Å². The van der Waals surface area contributed by atoms with E-state index in [0.29, 0.717) is 5.41 Å². The number of rotatable bonds is 3. The van der Waals surface area contributed by atoms with Crippen molar-refractivity contribution in [3.63, 3.8) is 0 Å². The molecule has 15 heavy (non-hydrogen) atoms. The third kappa shape index (κ3) is 3.49. The molecule has 84 valence electrons. The van der Waals surface area contributed by atoms with Crippen LogP contribution in [0.3, 0.4) is 0 Å². The van der Waals surface area contributed by atoms with E-state index in [1.54, 1.807) is 0 Å². The maximum atomic E-state index is 2.33. The van der Waals surface area contributed by atoms with Gasteiger partial charge in [-0.1, -0.05) is 39.8 Å². The quantitative estimate of drug-likeness (QED) is 0.680. The Morgan fingerprint density at radius 1 is 1.33 bits per heavy atom. The zero-order valence-electron chi connectivity index (χ0n) is 10.6. The molecule has 0 saturated carbocycles. The van der Waals surface area contributed by atoms with E-state index in [-0.39, 0.29) is 0 Å². The van der Waals surface area contributed by atoms with Crippen LogP contribution in [-0.2, 0) is 12.8 Å². The molecule has 0 aliphatic heterocycles. The molecule has 1 heterocycles. The molecule has 0 N–H and O–H groups in total. The topological polar surface area (TPSA) is 0 Å². The summed E-state index contributed by atoms with van der Waals surface area (Å²) in [5, 5.41) is 2.33. The summed E-state index contributed by atoms with van der Waals surface area (Å²) >= 11 is 1.91. The molecule has 0 nitrogen and oxygen atoms in total. The molecule has 1 heteroatoms. The van der Waals surface area contributed by atoms with Gasteiger partial charge >= 0.3 is 0 Å². The summed E-state index contributed by atoms with van der Waals surface area (Å²) in [6.07, 6.45) is 6.72. The number of thiophene rings is 1. The Labute approximate surface area is 98.0 Å². The second-order valence-electron chi connectivity index (χ2n) is 5.19. The summed E-state index contributed by atoms with van der Waals surface area (Å²) in [4.78, 5) is 1.52. The van der Waals surface area contributed by atoms with Crippen molar-refractivity contribution in [1.82, 2.24) is 0 Å². The molecule has 0 spiro atoms. The van der Waals surface area contributed by atoms with Gasteiger partial charge in [-0.25, -0.2) is 0 Å². The van der Waals surface area contributed by atoms with E-state index in [0.717, 1.165) is 6.42 Å². The summed E-state index contributed by atoms with van der Waals surface area (Å²) in [6.45, 7) is 11.2. The molecule has 0 aliphatic carbocycles. The predicted molar refractivity (Wildman–Crippen MR) is 71.6 cm³/mol. The second-order valence-corrected chi connectivity index (χ2v) is 6.15. The highest BCUT2D eigenvalue weighted by atomic mass is 32.1. The van der Waals surface area contributed by atoms with E-state index in [9.17, 15) is 0 Å². The van der Waals surface area contributed by atoms with Crippen molar-refractivity contribution >= 4 is 17.4 Å². The van der Waals surface area contributed by atoms with E-state index >= 15 is 0 Å². The summed E-state index contributed by atoms with van der Waals surface area (Å²) in [5.41, 5.74) is 3.37. The van der Waals surface area contributed by atoms with Gasteiger partial charge in [-0.2, -0.15) is 0 Å². The lowest BCUT2D eigenvalue weighted by Gasteiger charge is -2.18. The minimum atomic E-state index is 0.377. The average Bonchev–Trinajstić information content (AvgIpc) is 2.47. The summed E-state index contributed by atoms with van der Waals surface area (Å²) in [6, 6.07) is 0. The fraction of sp³-hybridized carbons (Fsp3) is 0.571. The molecule has 0 fully saturated rings. The molecule has 0 atom stereocenters. The van der Waals surface area contributed by atoms with Crippen molar-refractivity contribution in [2.75, 3.05) is 0 Å². The van der Waals surface area contributed by atoms with Crippen LogP contribution >= 0.6 is 11.3 Å². The maximum Gasteiger partial charge on any atom is 0.0118 e. The molecule has 0 bridgehead atoms. The van der Waals surface area contributed by atoms with Gasteiger partial charge in [0.15, 0.2) is 0 Å². The van der Waals surface area contributed by atoms with Gasteiger partial charge in [0.25, 0.3) is 0 Å². The van der Waals surface area contributed by atoms with Gasteiger partial charge in [0.05, 0.1) is 0 Å². The molecule has 1 aromatic rings. The molecule has 0 saturated heterocycles. The van der Waals surface area contributed by atoms with Gasteiger partial charge < -0.3 is 0 Å². The van der Waals surface area contributed by atoms with Gasteiger partial charge in [0.1, 0.15) is 0 Å². The van der Waals surface area contributed by atoms with E-state index in [2.05, 4.69) is 52.2 Å². The van der Waals surface area contributed by atoms with Crippen molar-refractivity contribution in [3.8, 4) is 0 Å². The van der Waals surface area contributed by atoms with Crippen LogP contribution in [0, 0.1) is 5.41 Å². The van der Waals surface area contributed by atoms with Crippen LogP contribution in [0.1, 0.15) is 50.6 Å². The maximum absolute atomic E-state index is 2.33. The third-order valence-corrected chi connectivity index (χ3v) is 3.56. The minimum Gasteiger partial charge on any atom is -0.148 e. The number of allylic oxidation sites excluding steroid dienone is 1. The molecule has 0 amide bonds. The normalized spacial score (nSPS) is 12.6. The van der Waals surface area contributed by atoms with Gasteiger partial charge in [0.2, 0.25) is 0 Å². The second kappa shape index (κ2) is 4.98. The molecule has 0 aliphatic rings. The molecular formula is C14H22S. The predicted octanol–water partition coefficient (Wildman–Crippen LogP) is 4.93. The van der Waals surface area contributed by atoms with Gasteiger partial charge in [-0.3, -0.25) is 0 Å². The monoisotopic (exact) mass is 222 g/mol. The highest BCUT2D eigenvalue weighted by Gasteiger charge is 2.15. The lowest BCUT2D eigenvalue weighted by Crippen LogP contribution is -2.09. The van der Waals surface area contributed by atoms with E-state index in [4.69, 9.17) is 0 Å². The first-order valence-corrected chi connectivity index (χ1v) is 6.58. The van der Waals surface area contributed by atoms with Crippen LogP contribution in [0.25, 0.3) is 6.08 Å². The van der Waals surface area contributed by atoms with Crippen molar-refractivity contribution < 1.29 is 0 Å². The lowest BCUT2D eigenvalue weighted by molar-refractivity contribution is 0.411. The van der Waals surface area contributed by atoms with Crippen LogP contribution in [0.4, 0.5) is 0 Å². The largest absolute Gasteiger partial charge is 0.148 e. The van der Waals surface area contributed by atoms with Crippen LogP contribution < -0.4 is 0 Å². The Balaban J connectivity index is 3.02. The van der Waals surface area contributed by atoms with Crippen LogP contribution in [0.2, 0.25) is 0 Å². The van der Waals surface area contributed by atoms with Crippen molar-refractivity contribution in [2.45, 2.75) is 47.5 Å². The molecular weight excluding hydrogens is 200 g/mol. The average molecular weight is 222 g/mol. The minimum absolute atomic E-state index is 0.377. The Hall–Kier alpha value is -0.560. The van der Waals surface area contributed by atoms with E-state index < -0.39 is 0 Å². The summed E-state index contributed by atoms with van der Waals surface area (Å²) < 4.78 is 0. The van der Waals surface area contributed by atoms with Crippen molar-refractivity contribution in [1.29, 1.82) is 0 Å². The fourth-order valence-electron chi connectivity index (χ4n) is 1.80.